The Hall–Kier alpha value is -2.17. The molecule has 7 atom stereocenters. The zero-order valence-electron chi connectivity index (χ0n) is 14.0. The van der Waals surface area contributed by atoms with Crippen molar-refractivity contribution >= 4 is 30.3 Å². The van der Waals surface area contributed by atoms with Crippen LogP contribution in [0, 0.1) is 17.8 Å². The standard InChI is InChI=1S/C16H22N4O6/c17-16-19-14(24)8-2-1-7(3-4-18-11(8)15(25)20-16)13-12(23)9(5-21)10(6-22)26-13/h4-5,7-13,22-23H,1-3,6H2,(H3,17,19,20,24,25)/t7?,8?,9?,10-,11?,12?,13-/m0/s1. The van der Waals surface area contributed by atoms with Crippen LogP contribution < -0.4 is 11.1 Å². The first-order valence-corrected chi connectivity index (χ1v) is 8.56. The summed E-state index contributed by atoms with van der Waals surface area (Å²) >= 11 is 0. The molecule has 5 unspecified atom stereocenters. The van der Waals surface area contributed by atoms with Crippen LogP contribution in [0.25, 0.3) is 0 Å². The Kier molecular flexibility index (Phi) is 5.44. The van der Waals surface area contributed by atoms with Crippen molar-refractivity contribution in [2.75, 3.05) is 6.61 Å². The van der Waals surface area contributed by atoms with Gasteiger partial charge >= 0.3 is 0 Å². The minimum atomic E-state index is -1.04. The van der Waals surface area contributed by atoms with Gasteiger partial charge in [-0.2, -0.15) is 4.99 Å². The first-order valence-electron chi connectivity index (χ1n) is 8.56. The summed E-state index contributed by atoms with van der Waals surface area (Å²) in [5.74, 6) is -2.99. The third-order valence-corrected chi connectivity index (χ3v) is 5.27. The summed E-state index contributed by atoms with van der Waals surface area (Å²) in [7, 11) is 0. The van der Waals surface area contributed by atoms with E-state index in [0.717, 1.165) is 0 Å². The number of hydrogen-bond acceptors (Lipinski definition) is 8. The summed E-state index contributed by atoms with van der Waals surface area (Å²) in [5, 5.41) is 22.1. The minimum Gasteiger partial charge on any atom is -0.394 e. The molecule has 3 aliphatic rings. The molecule has 0 radical (unpaired) electrons. The normalized spacial score (nSPS) is 40.7. The van der Waals surface area contributed by atoms with Crippen LogP contribution in [-0.4, -0.2) is 71.4 Å². The number of aliphatic hydroxyl groups excluding tert-OH is 2. The molecule has 1 saturated heterocycles. The summed E-state index contributed by atoms with van der Waals surface area (Å²) < 4.78 is 5.68. The predicted octanol–water partition coefficient (Wildman–Crippen LogP) is -2.25. The van der Waals surface area contributed by atoms with Gasteiger partial charge in [-0.25, -0.2) is 0 Å². The van der Waals surface area contributed by atoms with Crippen molar-refractivity contribution in [1.29, 1.82) is 0 Å². The van der Waals surface area contributed by atoms with Crippen LogP contribution in [0.15, 0.2) is 9.98 Å². The maximum atomic E-state index is 12.3. The lowest BCUT2D eigenvalue weighted by molar-refractivity contribution is -0.128. The van der Waals surface area contributed by atoms with Crippen molar-refractivity contribution < 1.29 is 29.3 Å². The van der Waals surface area contributed by atoms with Gasteiger partial charge in [0.15, 0.2) is 0 Å². The van der Waals surface area contributed by atoms with Gasteiger partial charge < -0.3 is 25.5 Å². The average molecular weight is 366 g/mol. The fourth-order valence-corrected chi connectivity index (χ4v) is 3.85. The molecule has 10 heteroatoms. The Morgan fingerprint density at radius 3 is 2.81 bits per heavy atom. The van der Waals surface area contributed by atoms with E-state index in [1.807, 2.05) is 0 Å². The molecule has 3 rings (SSSR count). The molecule has 5 N–H and O–H groups in total. The number of amides is 2. The Morgan fingerprint density at radius 2 is 2.15 bits per heavy atom. The van der Waals surface area contributed by atoms with E-state index in [1.54, 1.807) is 0 Å². The number of rotatable bonds is 3. The number of nitrogens with one attached hydrogen (secondary N) is 1. The summed E-state index contributed by atoms with van der Waals surface area (Å²) in [6.45, 7) is -0.366. The number of aliphatic imine (C=N–C) groups is 2. The van der Waals surface area contributed by atoms with Crippen LogP contribution in [0.5, 0.6) is 0 Å². The van der Waals surface area contributed by atoms with Gasteiger partial charge in [-0.05, 0) is 25.2 Å². The Bertz CT molecular complexity index is 651. The molecule has 26 heavy (non-hydrogen) atoms. The van der Waals surface area contributed by atoms with E-state index in [-0.39, 0.29) is 18.5 Å². The molecule has 142 valence electrons. The van der Waals surface area contributed by atoms with Crippen LogP contribution in [0.3, 0.4) is 0 Å². The highest BCUT2D eigenvalue weighted by Crippen LogP contribution is 2.35. The molecule has 2 amide bonds. The van der Waals surface area contributed by atoms with Gasteiger partial charge in [-0.15, -0.1) is 0 Å². The maximum absolute atomic E-state index is 12.3. The molecular formula is C16H22N4O6. The number of nitrogens with two attached hydrogens (primary N) is 1. The number of aliphatic hydroxyl groups is 2. The van der Waals surface area contributed by atoms with Crippen molar-refractivity contribution in [3.63, 3.8) is 0 Å². The molecule has 0 spiro atoms. The number of nitrogens with zero attached hydrogens (tertiary/aromatic N) is 2. The quantitative estimate of drug-likeness (QED) is 0.410. The first kappa shape index (κ1) is 18.6. The molecule has 1 fully saturated rings. The van der Waals surface area contributed by atoms with Crippen molar-refractivity contribution in [3.8, 4) is 0 Å². The van der Waals surface area contributed by atoms with Gasteiger partial charge in [-0.1, -0.05) is 0 Å². The fraction of sp³-hybridized carbons (Fsp3) is 0.688. The largest absolute Gasteiger partial charge is 0.394 e. The van der Waals surface area contributed by atoms with Gasteiger partial charge in [0.25, 0.3) is 11.8 Å². The Morgan fingerprint density at radius 1 is 1.38 bits per heavy atom. The lowest BCUT2D eigenvalue weighted by atomic mass is 9.82. The number of carbonyl (C=O) groups is 3. The Labute approximate surface area is 149 Å². The molecule has 0 aromatic heterocycles. The number of ether oxygens (including phenoxy) is 1. The second-order valence-corrected chi connectivity index (χ2v) is 6.81. The van der Waals surface area contributed by atoms with E-state index < -0.39 is 48.0 Å². The van der Waals surface area contributed by atoms with Crippen molar-refractivity contribution in [3.05, 3.63) is 0 Å². The number of hydrogen-bond donors (Lipinski definition) is 4. The highest BCUT2D eigenvalue weighted by Gasteiger charge is 2.47. The molecule has 0 bridgehead atoms. The van der Waals surface area contributed by atoms with Crippen molar-refractivity contribution in [2.45, 2.75) is 43.6 Å². The molecule has 0 aromatic carbocycles. The first-order chi connectivity index (χ1) is 12.5. The zero-order valence-corrected chi connectivity index (χ0v) is 14.0. The van der Waals surface area contributed by atoms with E-state index in [4.69, 9.17) is 10.5 Å². The molecule has 10 nitrogen and oxygen atoms in total. The highest BCUT2D eigenvalue weighted by molar-refractivity contribution is 6.08. The van der Waals surface area contributed by atoms with E-state index in [0.29, 0.717) is 25.5 Å². The molecule has 0 saturated carbocycles. The molecule has 3 heterocycles. The number of carbonyl (C=O) groups excluding carboxylic acids is 3. The van der Waals surface area contributed by atoms with Crippen LogP contribution >= 0.6 is 0 Å². The third kappa shape index (κ3) is 3.39. The number of fused-ring (bicyclic) bond motifs is 1. The van der Waals surface area contributed by atoms with E-state index in [1.165, 1.54) is 6.21 Å². The van der Waals surface area contributed by atoms with Crippen LogP contribution in [0.2, 0.25) is 0 Å². The smallest absolute Gasteiger partial charge is 0.254 e. The molecular weight excluding hydrogens is 344 g/mol. The number of guanidine groups is 1. The maximum Gasteiger partial charge on any atom is 0.254 e. The van der Waals surface area contributed by atoms with Crippen molar-refractivity contribution in [2.24, 2.45) is 33.5 Å². The van der Waals surface area contributed by atoms with Gasteiger partial charge in [0.1, 0.15) is 12.3 Å². The predicted molar refractivity (Wildman–Crippen MR) is 89.2 cm³/mol. The van der Waals surface area contributed by atoms with Crippen molar-refractivity contribution in [1.82, 2.24) is 5.32 Å². The third-order valence-electron chi connectivity index (χ3n) is 5.27. The highest BCUT2D eigenvalue weighted by atomic mass is 16.5. The SMILES string of the molecule is NC1=NC(=O)C2CCC([C@@H]3O[C@@H](CO)C(C=O)C3O)CC=NC2C(=O)N1. The average Bonchev–Trinajstić information content (AvgIpc) is 2.85. The second kappa shape index (κ2) is 7.60. The van der Waals surface area contributed by atoms with E-state index in [2.05, 4.69) is 15.3 Å². The second-order valence-electron chi connectivity index (χ2n) is 6.81. The van der Waals surface area contributed by atoms with Gasteiger partial charge in [-0.3, -0.25) is 19.9 Å². The topological polar surface area (TPSA) is 164 Å². The Balaban J connectivity index is 1.79. The van der Waals surface area contributed by atoms with Gasteiger partial charge in [0, 0.05) is 6.21 Å². The van der Waals surface area contributed by atoms with E-state index >= 15 is 0 Å². The lowest BCUT2D eigenvalue weighted by Gasteiger charge is -2.29. The van der Waals surface area contributed by atoms with Crippen LogP contribution in [0.4, 0.5) is 0 Å². The lowest BCUT2D eigenvalue weighted by Crippen LogP contribution is -2.43. The molecule has 3 aliphatic heterocycles. The van der Waals surface area contributed by atoms with Crippen LogP contribution in [0.1, 0.15) is 19.3 Å². The summed E-state index contributed by atoms with van der Waals surface area (Å²) in [6.07, 6.45) is 0.867. The van der Waals surface area contributed by atoms with E-state index in [9.17, 15) is 24.6 Å². The van der Waals surface area contributed by atoms with Gasteiger partial charge in [0.2, 0.25) is 5.96 Å². The fourth-order valence-electron chi connectivity index (χ4n) is 3.85. The van der Waals surface area contributed by atoms with Gasteiger partial charge in [0.05, 0.1) is 36.8 Å². The summed E-state index contributed by atoms with van der Waals surface area (Å²) in [4.78, 5) is 43.5. The number of aldehydes is 1. The minimum absolute atomic E-state index is 0.214. The monoisotopic (exact) mass is 366 g/mol. The molecule has 0 aliphatic carbocycles. The summed E-state index contributed by atoms with van der Waals surface area (Å²) in [6, 6.07) is -0.893. The summed E-state index contributed by atoms with van der Waals surface area (Å²) in [5.41, 5.74) is 5.49. The van der Waals surface area contributed by atoms with Crippen LogP contribution in [-0.2, 0) is 19.1 Å². The molecule has 0 aromatic rings. The zero-order chi connectivity index (χ0) is 18.8.